The van der Waals surface area contributed by atoms with E-state index in [1.807, 2.05) is 0 Å². The molecule has 0 bridgehead atoms. The lowest BCUT2D eigenvalue weighted by Crippen LogP contribution is -2.50. The Bertz CT molecular complexity index is 748. The Balaban J connectivity index is 1.48. The number of allylic oxidation sites excluding steroid dienone is 1. The maximum atomic E-state index is 12.5. The van der Waals surface area contributed by atoms with Crippen LogP contribution in [0, 0.1) is 11.3 Å². The van der Waals surface area contributed by atoms with E-state index in [-0.39, 0.29) is 16.8 Å². The van der Waals surface area contributed by atoms with Crippen LogP contribution in [0.15, 0.2) is 30.3 Å². The predicted molar refractivity (Wildman–Crippen MR) is 113 cm³/mol. The van der Waals surface area contributed by atoms with Gasteiger partial charge in [-0.15, -0.1) is 0 Å². The molecule has 1 aromatic carbocycles. The van der Waals surface area contributed by atoms with Gasteiger partial charge in [-0.3, -0.25) is 9.69 Å². The Labute approximate surface area is 167 Å². The molecule has 1 aliphatic heterocycles. The Morgan fingerprint density at radius 3 is 2.89 bits per heavy atom. The first-order chi connectivity index (χ1) is 13.0. The number of fused-ring (bicyclic) bond motifs is 2. The van der Waals surface area contributed by atoms with Crippen LogP contribution >= 0.6 is 11.8 Å². The molecule has 27 heavy (non-hydrogen) atoms. The van der Waals surface area contributed by atoms with Crippen LogP contribution in [-0.4, -0.2) is 49.1 Å². The zero-order valence-electron chi connectivity index (χ0n) is 16.7. The van der Waals surface area contributed by atoms with Crippen LogP contribution in [-0.2, 0) is 14.9 Å². The summed E-state index contributed by atoms with van der Waals surface area (Å²) in [7, 11) is 1.54. The molecule has 2 fully saturated rings. The summed E-state index contributed by atoms with van der Waals surface area (Å²) >= 11 is 1.77. The van der Waals surface area contributed by atoms with Gasteiger partial charge in [-0.25, -0.2) is 0 Å². The molecule has 1 saturated heterocycles. The fraction of sp³-hybridized carbons (Fsp3) is 0.609. The van der Waals surface area contributed by atoms with Crippen molar-refractivity contribution < 1.29 is 9.53 Å². The maximum Gasteiger partial charge on any atom is 0.312 e. The third-order valence-corrected chi connectivity index (χ3v) is 8.20. The lowest BCUT2D eigenvalue weighted by Gasteiger charge is -2.46. The maximum absolute atomic E-state index is 12.5. The molecule has 4 rings (SSSR count). The molecule has 1 aromatic rings. The van der Waals surface area contributed by atoms with E-state index in [2.05, 4.69) is 54.5 Å². The van der Waals surface area contributed by atoms with Crippen LogP contribution < -0.4 is 0 Å². The summed E-state index contributed by atoms with van der Waals surface area (Å²) in [6.07, 6.45) is 11.1. The van der Waals surface area contributed by atoms with E-state index in [0.29, 0.717) is 12.0 Å². The topological polar surface area (TPSA) is 29.5 Å². The van der Waals surface area contributed by atoms with Crippen molar-refractivity contribution in [2.45, 2.75) is 44.1 Å². The third kappa shape index (κ3) is 3.05. The SMILES string of the molecule is COC(=O)C1(CSC)CCC(N2CC[C@@]3(C=Cc4ccccc43)[C@@H](C)C2)C1. The average Bonchev–Trinajstić information content (AvgIpc) is 3.28. The number of likely N-dealkylation sites (tertiary alicyclic amines) is 1. The van der Waals surface area contributed by atoms with Gasteiger partial charge in [0.05, 0.1) is 12.5 Å². The minimum atomic E-state index is -0.281. The van der Waals surface area contributed by atoms with Crippen LogP contribution in [0.3, 0.4) is 0 Å². The molecule has 0 aromatic heterocycles. The number of nitrogens with zero attached hydrogens (tertiary/aromatic N) is 1. The number of methoxy groups -OCH3 is 1. The number of carbonyl (C=O) groups excluding carboxylic acids is 1. The summed E-state index contributed by atoms with van der Waals surface area (Å²) in [6.45, 7) is 4.63. The fourth-order valence-corrected chi connectivity index (χ4v) is 6.77. The van der Waals surface area contributed by atoms with Crippen LogP contribution in [0.4, 0.5) is 0 Å². The minimum Gasteiger partial charge on any atom is -0.469 e. The molecule has 0 radical (unpaired) electrons. The number of carbonyl (C=O) groups is 1. The van der Waals surface area contributed by atoms with Crippen LogP contribution in [0.25, 0.3) is 6.08 Å². The second-order valence-electron chi connectivity index (χ2n) is 8.71. The second-order valence-corrected chi connectivity index (χ2v) is 9.57. The zero-order chi connectivity index (χ0) is 19.1. The summed E-state index contributed by atoms with van der Waals surface area (Å²) in [6, 6.07) is 9.38. The van der Waals surface area contributed by atoms with Gasteiger partial charge >= 0.3 is 5.97 Å². The molecule has 0 amide bonds. The third-order valence-electron chi connectivity index (χ3n) is 7.36. The van der Waals surface area contributed by atoms with Crippen molar-refractivity contribution in [2.75, 3.05) is 32.2 Å². The first-order valence-electron chi connectivity index (χ1n) is 10.1. The fourth-order valence-electron chi connectivity index (χ4n) is 5.83. The van der Waals surface area contributed by atoms with Gasteiger partial charge < -0.3 is 4.74 Å². The van der Waals surface area contributed by atoms with E-state index in [0.717, 1.165) is 38.1 Å². The number of ether oxygens (including phenoxy) is 1. The molecule has 1 heterocycles. The van der Waals surface area contributed by atoms with Crippen molar-refractivity contribution in [2.24, 2.45) is 11.3 Å². The predicted octanol–water partition coefficient (Wildman–Crippen LogP) is 4.37. The molecular weight excluding hydrogens is 354 g/mol. The summed E-state index contributed by atoms with van der Waals surface area (Å²) in [5, 5.41) is 0. The normalized spacial score (nSPS) is 35.5. The van der Waals surface area contributed by atoms with E-state index in [1.54, 1.807) is 11.8 Å². The Kier molecular flexibility index (Phi) is 5.15. The smallest absolute Gasteiger partial charge is 0.312 e. The first-order valence-corrected chi connectivity index (χ1v) is 11.5. The second kappa shape index (κ2) is 7.29. The molecule has 3 nitrogen and oxygen atoms in total. The molecule has 4 heteroatoms. The zero-order valence-corrected chi connectivity index (χ0v) is 17.6. The van der Waals surface area contributed by atoms with E-state index in [9.17, 15) is 4.79 Å². The van der Waals surface area contributed by atoms with Crippen molar-refractivity contribution in [1.82, 2.24) is 4.90 Å². The lowest BCUT2D eigenvalue weighted by atomic mass is 9.68. The van der Waals surface area contributed by atoms with Gasteiger partial charge in [0.25, 0.3) is 0 Å². The van der Waals surface area contributed by atoms with Gasteiger partial charge in [-0.2, -0.15) is 11.8 Å². The number of rotatable bonds is 4. The highest BCUT2D eigenvalue weighted by atomic mass is 32.2. The van der Waals surface area contributed by atoms with Crippen LogP contribution in [0.5, 0.6) is 0 Å². The number of benzene rings is 1. The van der Waals surface area contributed by atoms with E-state index >= 15 is 0 Å². The van der Waals surface area contributed by atoms with Gasteiger partial charge in [0.1, 0.15) is 0 Å². The molecule has 1 spiro atoms. The summed E-state index contributed by atoms with van der Waals surface area (Å²) < 4.78 is 5.18. The van der Waals surface area contributed by atoms with Gasteiger partial charge in [-0.1, -0.05) is 43.3 Å². The summed E-state index contributed by atoms with van der Waals surface area (Å²) in [5.41, 5.74) is 2.82. The first kappa shape index (κ1) is 19.1. The molecule has 146 valence electrons. The van der Waals surface area contributed by atoms with Gasteiger partial charge in [0.15, 0.2) is 0 Å². The average molecular weight is 386 g/mol. The lowest BCUT2D eigenvalue weighted by molar-refractivity contribution is -0.151. The van der Waals surface area contributed by atoms with E-state index in [4.69, 9.17) is 4.74 Å². The Morgan fingerprint density at radius 1 is 1.33 bits per heavy atom. The van der Waals surface area contributed by atoms with E-state index < -0.39 is 0 Å². The number of thioether (sulfide) groups is 1. The number of hydrogen-bond acceptors (Lipinski definition) is 4. The molecule has 2 aliphatic carbocycles. The highest BCUT2D eigenvalue weighted by Gasteiger charge is 2.50. The van der Waals surface area contributed by atoms with Crippen molar-refractivity contribution in [3.63, 3.8) is 0 Å². The number of hydrogen-bond donors (Lipinski definition) is 0. The van der Waals surface area contributed by atoms with E-state index in [1.165, 1.54) is 24.7 Å². The summed E-state index contributed by atoms with van der Waals surface area (Å²) in [4.78, 5) is 15.2. The Morgan fingerprint density at radius 2 is 2.15 bits per heavy atom. The molecule has 2 unspecified atom stereocenters. The molecule has 0 N–H and O–H groups in total. The van der Waals surface area contributed by atoms with Crippen molar-refractivity contribution in [3.05, 3.63) is 41.5 Å². The molecule has 1 saturated carbocycles. The van der Waals surface area contributed by atoms with Crippen molar-refractivity contribution in [3.8, 4) is 0 Å². The monoisotopic (exact) mass is 385 g/mol. The molecule has 3 aliphatic rings. The van der Waals surface area contributed by atoms with Crippen LogP contribution in [0.1, 0.15) is 43.7 Å². The quantitative estimate of drug-likeness (QED) is 0.720. The highest BCUT2D eigenvalue weighted by Crippen LogP contribution is 2.49. The molecular formula is C23H31NO2S. The van der Waals surface area contributed by atoms with Crippen LogP contribution in [0.2, 0.25) is 0 Å². The largest absolute Gasteiger partial charge is 0.469 e. The van der Waals surface area contributed by atoms with Crippen molar-refractivity contribution in [1.29, 1.82) is 0 Å². The standard InChI is InChI=1S/C23H31NO2S/c1-17-15-24(19-9-10-22(14-19,16-27-3)21(25)26-2)13-12-23(17)11-8-18-6-4-5-7-20(18)23/h4-8,11,17,19H,9-10,12-16H2,1-3H3/t17-,19?,22?,23-/m0/s1. The van der Waals surface area contributed by atoms with Crippen molar-refractivity contribution >= 4 is 23.8 Å². The minimum absolute atomic E-state index is 0.00599. The van der Waals surface area contributed by atoms with Gasteiger partial charge in [-0.05, 0) is 55.5 Å². The van der Waals surface area contributed by atoms with Gasteiger partial charge in [0, 0.05) is 23.8 Å². The Hall–Kier alpha value is -1.26. The van der Waals surface area contributed by atoms with Gasteiger partial charge in [0.2, 0.25) is 0 Å². The highest BCUT2D eigenvalue weighted by molar-refractivity contribution is 7.98. The summed E-state index contributed by atoms with van der Waals surface area (Å²) in [5.74, 6) is 1.45. The molecule has 4 atom stereocenters. The number of piperidine rings is 1. The number of esters is 1.